The highest BCUT2D eigenvalue weighted by Crippen LogP contribution is 2.55. The van der Waals surface area contributed by atoms with Crippen LogP contribution in [0.2, 0.25) is 0 Å². The smallest absolute Gasteiger partial charge is 0.115 e. The molecular formula is C18H25NO2. The summed E-state index contributed by atoms with van der Waals surface area (Å²) in [4.78, 5) is 0. The fourth-order valence-electron chi connectivity index (χ4n) is 5.49. The molecule has 0 amide bonds. The lowest BCUT2D eigenvalue weighted by Gasteiger charge is -2.57. The van der Waals surface area contributed by atoms with E-state index in [1.165, 1.54) is 38.5 Å². The van der Waals surface area contributed by atoms with Crippen LogP contribution in [0.25, 0.3) is 0 Å². The molecule has 4 bridgehead atoms. The lowest BCUT2D eigenvalue weighted by atomic mass is 9.53. The van der Waals surface area contributed by atoms with Crippen LogP contribution in [0.1, 0.15) is 50.2 Å². The third kappa shape index (κ3) is 2.58. The number of phenolic OH excluding ortho intramolecular Hbond substituents is 1. The molecule has 21 heavy (non-hydrogen) atoms. The highest BCUT2D eigenvalue weighted by Gasteiger charge is 2.50. The molecule has 4 fully saturated rings. The van der Waals surface area contributed by atoms with Crippen molar-refractivity contribution in [3.05, 3.63) is 29.8 Å². The van der Waals surface area contributed by atoms with Gasteiger partial charge in [0.2, 0.25) is 0 Å². The molecule has 3 nitrogen and oxygen atoms in total. The van der Waals surface area contributed by atoms with E-state index in [4.69, 9.17) is 0 Å². The van der Waals surface area contributed by atoms with Crippen molar-refractivity contribution in [2.45, 2.75) is 50.2 Å². The van der Waals surface area contributed by atoms with Crippen LogP contribution in [0.15, 0.2) is 24.3 Å². The molecule has 1 aromatic rings. The predicted octanol–water partition coefficient (Wildman–Crippen LogP) is 2.98. The van der Waals surface area contributed by atoms with Gasteiger partial charge in [0.1, 0.15) is 5.75 Å². The lowest BCUT2D eigenvalue weighted by Crippen LogP contribution is -2.59. The first-order valence-electron chi connectivity index (χ1n) is 8.34. The van der Waals surface area contributed by atoms with Crippen molar-refractivity contribution in [3.63, 3.8) is 0 Å². The van der Waals surface area contributed by atoms with Crippen molar-refractivity contribution >= 4 is 0 Å². The molecule has 4 aliphatic rings. The van der Waals surface area contributed by atoms with Crippen molar-refractivity contribution in [3.8, 4) is 5.75 Å². The lowest BCUT2D eigenvalue weighted by molar-refractivity contribution is -0.0248. The topological polar surface area (TPSA) is 52.5 Å². The monoisotopic (exact) mass is 287 g/mol. The van der Waals surface area contributed by atoms with Crippen molar-refractivity contribution in [1.29, 1.82) is 0 Å². The maximum Gasteiger partial charge on any atom is 0.115 e. The molecule has 0 spiro atoms. The molecule has 114 valence electrons. The van der Waals surface area contributed by atoms with Crippen molar-refractivity contribution < 1.29 is 10.2 Å². The SMILES string of the molecule is Oc1cccc(C(O)CNC23CC4CC(CC(C4)C2)C3)c1. The number of β-amino-alcohol motifs (C(OH)–C–C–N with tert-alkyl or cyclic N) is 1. The van der Waals surface area contributed by atoms with Gasteiger partial charge in [-0.3, -0.25) is 0 Å². The van der Waals surface area contributed by atoms with Crippen molar-refractivity contribution in [1.82, 2.24) is 5.32 Å². The minimum absolute atomic E-state index is 0.223. The molecule has 0 radical (unpaired) electrons. The van der Waals surface area contributed by atoms with Gasteiger partial charge in [-0.2, -0.15) is 0 Å². The first-order chi connectivity index (χ1) is 10.1. The van der Waals surface area contributed by atoms with E-state index >= 15 is 0 Å². The highest BCUT2D eigenvalue weighted by molar-refractivity contribution is 5.28. The van der Waals surface area contributed by atoms with E-state index in [2.05, 4.69) is 5.32 Å². The summed E-state index contributed by atoms with van der Waals surface area (Å²) in [5.74, 6) is 2.98. The second-order valence-corrected chi connectivity index (χ2v) is 7.69. The van der Waals surface area contributed by atoms with E-state index < -0.39 is 6.10 Å². The average Bonchev–Trinajstić information content (AvgIpc) is 2.43. The molecule has 0 aliphatic heterocycles. The molecule has 5 rings (SSSR count). The summed E-state index contributed by atoms with van der Waals surface area (Å²) >= 11 is 0. The summed E-state index contributed by atoms with van der Waals surface area (Å²) in [6, 6.07) is 6.97. The molecule has 0 aromatic heterocycles. The molecule has 4 saturated carbocycles. The second-order valence-electron chi connectivity index (χ2n) is 7.69. The molecule has 3 N–H and O–H groups in total. The normalized spacial score (nSPS) is 38.6. The number of aliphatic hydroxyl groups excluding tert-OH is 1. The molecule has 1 aromatic carbocycles. The Hall–Kier alpha value is -1.06. The zero-order valence-corrected chi connectivity index (χ0v) is 12.5. The van der Waals surface area contributed by atoms with Crippen LogP contribution < -0.4 is 5.32 Å². The summed E-state index contributed by atoms with van der Waals surface area (Å²) in [6.45, 7) is 0.593. The van der Waals surface area contributed by atoms with Crippen LogP contribution in [-0.2, 0) is 0 Å². The van der Waals surface area contributed by atoms with Gasteiger partial charge in [-0.05, 0) is 74.0 Å². The maximum atomic E-state index is 10.4. The Bertz CT molecular complexity index is 492. The number of aliphatic hydroxyl groups is 1. The largest absolute Gasteiger partial charge is 0.508 e. The van der Waals surface area contributed by atoms with Crippen LogP contribution in [0.4, 0.5) is 0 Å². The van der Waals surface area contributed by atoms with Crippen LogP contribution >= 0.6 is 0 Å². The second kappa shape index (κ2) is 4.99. The molecule has 1 unspecified atom stereocenters. The standard InChI is InChI=1S/C18H25NO2/c20-16-3-1-2-15(7-16)17(21)11-19-18-8-12-4-13(9-18)6-14(5-12)10-18/h1-3,7,12-14,17,19-21H,4-6,8-11H2. The summed E-state index contributed by atoms with van der Waals surface area (Å²) in [5.41, 5.74) is 1.08. The first-order valence-corrected chi connectivity index (χ1v) is 8.34. The summed E-state index contributed by atoms with van der Waals surface area (Å²) in [5, 5.41) is 23.6. The van der Waals surface area contributed by atoms with Crippen LogP contribution in [0, 0.1) is 17.8 Å². The van der Waals surface area contributed by atoms with Gasteiger partial charge in [-0.1, -0.05) is 12.1 Å². The van der Waals surface area contributed by atoms with E-state index in [0.717, 1.165) is 23.3 Å². The maximum absolute atomic E-state index is 10.4. The number of hydrogen-bond acceptors (Lipinski definition) is 3. The number of hydrogen-bond donors (Lipinski definition) is 3. The van der Waals surface area contributed by atoms with Gasteiger partial charge in [-0.15, -0.1) is 0 Å². The number of nitrogens with one attached hydrogen (secondary N) is 1. The number of aromatic hydroxyl groups is 1. The van der Waals surface area contributed by atoms with E-state index in [9.17, 15) is 10.2 Å². The highest BCUT2D eigenvalue weighted by atomic mass is 16.3. The summed E-state index contributed by atoms with van der Waals surface area (Å²) < 4.78 is 0. The summed E-state index contributed by atoms with van der Waals surface area (Å²) in [7, 11) is 0. The molecule has 3 heteroatoms. The van der Waals surface area contributed by atoms with Gasteiger partial charge >= 0.3 is 0 Å². The quantitative estimate of drug-likeness (QED) is 0.798. The van der Waals surface area contributed by atoms with Gasteiger partial charge in [0.15, 0.2) is 0 Å². The predicted molar refractivity (Wildman–Crippen MR) is 82.0 cm³/mol. The minimum atomic E-state index is -0.537. The Kier molecular flexibility index (Phi) is 3.23. The summed E-state index contributed by atoms with van der Waals surface area (Å²) in [6.07, 6.45) is 7.68. The molecule has 1 atom stereocenters. The molecule has 0 heterocycles. The number of phenols is 1. The average molecular weight is 287 g/mol. The van der Waals surface area contributed by atoms with E-state index in [0.29, 0.717) is 6.54 Å². The number of benzene rings is 1. The zero-order chi connectivity index (χ0) is 14.4. The van der Waals surface area contributed by atoms with Gasteiger partial charge in [0.25, 0.3) is 0 Å². The number of rotatable bonds is 4. The third-order valence-electron chi connectivity index (χ3n) is 5.96. The molecule has 0 saturated heterocycles. The minimum Gasteiger partial charge on any atom is -0.508 e. The fraction of sp³-hybridized carbons (Fsp3) is 0.667. The van der Waals surface area contributed by atoms with Crippen molar-refractivity contribution in [2.75, 3.05) is 6.54 Å². The Morgan fingerprint density at radius 2 is 1.71 bits per heavy atom. The Labute approximate surface area is 126 Å². The van der Waals surface area contributed by atoms with Crippen molar-refractivity contribution in [2.24, 2.45) is 17.8 Å². The van der Waals surface area contributed by atoms with E-state index in [-0.39, 0.29) is 11.3 Å². The molecular weight excluding hydrogens is 262 g/mol. The Balaban J connectivity index is 1.42. The fourth-order valence-corrected chi connectivity index (χ4v) is 5.49. The van der Waals surface area contributed by atoms with Crippen LogP contribution in [0.3, 0.4) is 0 Å². The van der Waals surface area contributed by atoms with Gasteiger partial charge < -0.3 is 15.5 Å². The Morgan fingerprint density at radius 1 is 1.10 bits per heavy atom. The van der Waals surface area contributed by atoms with Crippen LogP contribution in [0.5, 0.6) is 5.75 Å². The van der Waals surface area contributed by atoms with E-state index in [1.807, 2.05) is 6.07 Å². The third-order valence-corrected chi connectivity index (χ3v) is 5.96. The first kappa shape index (κ1) is 13.6. The zero-order valence-electron chi connectivity index (χ0n) is 12.5. The molecule has 4 aliphatic carbocycles. The van der Waals surface area contributed by atoms with Gasteiger partial charge in [0.05, 0.1) is 6.10 Å². The van der Waals surface area contributed by atoms with E-state index in [1.54, 1.807) is 18.2 Å². The van der Waals surface area contributed by atoms with Gasteiger partial charge in [-0.25, -0.2) is 0 Å². The Morgan fingerprint density at radius 3 is 2.29 bits per heavy atom. The van der Waals surface area contributed by atoms with Gasteiger partial charge in [0, 0.05) is 12.1 Å². The van der Waals surface area contributed by atoms with Crippen LogP contribution in [-0.4, -0.2) is 22.3 Å².